The Morgan fingerprint density at radius 1 is 1.08 bits per heavy atom. The fourth-order valence-corrected chi connectivity index (χ4v) is 2.99. The maximum Gasteiger partial charge on any atom is 0.256 e. The Kier molecular flexibility index (Phi) is 5.09. The van der Waals surface area contributed by atoms with Crippen molar-refractivity contribution in [3.8, 4) is 0 Å². The first-order valence-electron chi connectivity index (χ1n) is 8.29. The summed E-state index contributed by atoms with van der Waals surface area (Å²) >= 11 is 0. The largest absolute Gasteiger partial charge is 0.372 e. The number of carbonyl (C=O) groups is 2. The van der Waals surface area contributed by atoms with E-state index in [1.807, 2.05) is 13.8 Å². The van der Waals surface area contributed by atoms with Crippen LogP contribution in [0, 0.1) is 0 Å². The molecule has 2 heterocycles. The lowest BCUT2D eigenvalue weighted by molar-refractivity contribution is -0.0585. The molecule has 1 fully saturated rings. The highest BCUT2D eigenvalue weighted by Gasteiger charge is 2.28. The topological polar surface area (TPSA) is 71.5 Å². The van der Waals surface area contributed by atoms with Gasteiger partial charge in [-0.15, -0.1) is 0 Å². The SMILES string of the molecule is C[C@H]1CN(C(=O)c2ccccc2NC(=O)c2ccncc2)C[C@H](C)O1. The highest BCUT2D eigenvalue weighted by atomic mass is 16.5. The Morgan fingerprint density at radius 3 is 2.40 bits per heavy atom. The van der Waals surface area contributed by atoms with E-state index < -0.39 is 0 Å². The predicted octanol–water partition coefficient (Wildman–Crippen LogP) is 2.58. The number of benzene rings is 1. The molecule has 0 saturated carbocycles. The molecule has 1 aromatic carbocycles. The number of carbonyl (C=O) groups excluding carboxylic acids is 2. The number of amides is 2. The maximum atomic E-state index is 12.9. The zero-order valence-corrected chi connectivity index (χ0v) is 14.3. The molecular weight excluding hydrogens is 318 g/mol. The summed E-state index contributed by atoms with van der Waals surface area (Å²) < 4.78 is 5.69. The number of hydrogen-bond acceptors (Lipinski definition) is 4. The van der Waals surface area contributed by atoms with Crippen LogP contribution in [0.1, 0.15) is 34.6 Å². The molecule has 0 aliphatic carbocycles. The predicted molar refractivity (Wildman–Crippen MR) is 94.5 cm³/mol. The fourth-order valence-electron chi connectivity index (χ4n) is 2.99. The second-order valence-corrected chi connectivity index (χ2v) is 6.20. The lowest BCUT2D eigenvalue weighted by Gasteiger charge is -2.35. The van der Waals surface area contributed by atoms with Crippen LogP contribution in [-0.2, 0) is 4.74 Å². The van der Waals surface area contributed by atoms with Crippen molar-refractivity contribution in [2.45, 2.75) is 26.1 Å². The van der Waals surface area contributed by atoms with Crippen molar-refractivity contribution in [1.82, 2.24) is 9.88 Å². The Morgan fingerprint density at radius 2 is 1.72 bits per heavy atom. The first-order valence-corrected chi connectivity index (χ1v) is 8.29. The summed E-state index contributed by atoms with van der Waals surface area (Å²) in [7, 11) is 0. The number of para-hydroxylation sites is 1. The molecule has 1 aliphatic heterocycles. The van der Waals surface area contributed by atoms with Crippen LogP contribution in [0.25, 0.3) is 0 Å². The average Bonchev–Trinajstić information content (AvgIpc) is 2.61. The third kappa shape index (κ3) is 4.03. The van der Waals surface area contributed by atoms with Crippen molar-refractivity contribution in [3.05, 3.63) is 59.9 Å². The Labute approximate surface area is 146 Å². The number of ether oxygens (including phenoxy) is 1. The van der Waals surface area contributed by atoms with Gasteiger partial charge < -0.3 is 15.0 Å². The van der Waals surface area contributed by atoms with Crippen molar-refractivity contribution in [1.29, 1.82) is 0 Å². The summed E-state index contributed by atoms with van der Waals surface area (Å²) in [6.45, 7) is 4.98. The van der Waals surface area contributed by atoms with Crippen molar-refractivity contribution in [2.75, 3.05) is 18.4 Å². The fraction of sp³-hybridized carbons (Fsp3) is 0.316. The van der Waals surface area contributed by atoms with Gasteiger partial charge in [0.15, 0.2) is 0 Å². The summed E-state index contributed by atoms with van der Waals surface area (Å²) in [5.41, 5.74) is 1.47. The second kappa shape index (κ2) is 7.44. The van der Waals surface area contributed by atoms with Crippen LogP contribution in [0.3, 0.4) is 0 Å². The number of nitrogens with zero attached hydrogens (tertiary/aromatic N) is 2. The van der Waals surface area contributed by atoms with E-state index in [4.69, 9.17) is 4.74 Å². The van der Waals surface area contributed by atoms with Gasteiger partial charge in [0.25, 0.3) is 11.8 Å². The molecule has 0 unspecified atom stereocenters. The molecule has 0 radical (unpaired) electrons. The van der Waals surface area contributed by atoms with Crippen molar-refractivity contribution < 1.29 is 14.3 Å². The van der Waals surface area contributed by atoms with Crippen LogP contribution in [0.4, 0.5) is 5.69 Å². The van der Waals surface area contributed by atoms with Crippen molar-refractivity contribution >= 4 is 17.5 Å². The number of hydrogen-bond donors (Lipinski definition) is 1. The van der Waals surface area contributed by atoms with E-state index in [-0.39, 0.29) is 24.0 Å². The molecule has 0 bridgehead atoms. The smallest absolute Gasteiger partial charge is 0.256 e. The van der Waals surface area contributed by atoms with Crippen LogP contribution >= 0.6 is 0 Å². The molecule has 1 saturated heterocycles. The van der Waals surface area contributed by atoms with Crippen molar-refractivity contribution in [3.63, 3.8) is 0 Å². The quantitative estimate of drug-likeness (QED) is 0.933. The Bertz CT molecular complexity index is 754. The number of nitrogens with one attached hydrogen (secondary N) is 1. The molecule has 2 atom stereocenters. The van der Waals surface area contributed by atoms with Gasteiger partial charge in [0.2, 0.25) is 0 Å². The minimum absolute atomic E-state index is 0.00808. The van der Waals surface area contributed by atoms with E-state index in [9.17, 15) is 9.59 Å². The van der Waals surface area contributed by atoms with E-state index in [0.29, 0.717) is 29.9 Å². The standard InChI is InChI=1S/C19H21N3O3/c1-13-11-22(12-14(2)25-13)19(24)16-5-3-4-6-17(16)21-18(23)15-7-9-20-10-8-15/h3-10,13-14H,11-12H2,1-2H3,(H,21,23)/t13-,14-/m0/s1. The first kappa shape index (κ1) is 17.1. The lowest BCUT2D eigenvalue weighted by atomic mass is 10.1. The van der Waals surface area contributed by atoms with Gasteiger partial charge in [0, 0.05) is 31.0 Å². The van der Waals surface area contributed by atoms with Crippen LogP contribution in [-0.4, -0.2) is 47.0 Å². The number of pyridine rings is 1. The summed E-state index contributed by atoms with van der Waals surface area (Å²) in [6, 6.07) is 10.3. The number of aromatic nitrogens is 1. The molecule has 130 valence electrons. The third-order valence-electron chi connectivity index (χ3n) is 4.06. The summed E-state index contributed by atoms with van der Waals surface area (Å²) in [4.78, 5) is 31.0. The molecule has 1 aliphatic rings. The minimum Gasteiger partial charge on any atom is -0.372 e. The van der Waals surface area contributed by atoms with Gasteiger partial charge in [-0.25, -0.2) is 0 Å². The van der Waals surface area contributed by atoms with E-state index >= 15 is 0 Å². The highest BCUT2D eigenvalue weighted by Crippen LogP contribution is 2.21. The van der Waals surface area contributed by atoms with Gasteiger partial charge in [0.1, 0.15) is 0 Å². The molecule has 2 amide bonds. The Balaban J connectivity index is 1.81. The van der Waals surface area contributed by atoms with E-state index in [1.54, 1.807) is 53.7 Å². The molecule has 2 aromatic rings. The zero-order chi connectivity index (χ0) is 17.8. The minimum atomic E-state index is -0.272. The van der Waals surface area contributed by atoms with Gasteiger partial charge >= 0.3 is 0 Å². The second-order valence-electron chi connectivity index (χ2n) is 6.20. The lowest BCUT2D eigenvalue weighted by Crippen LogP contribution is -2.48. The van der Waals surface area contributed by atoms with Crippen molar-refractivity contribution in [2.24, 2.45) is 0 Å². The highest BCUT2D eigenvalue weighted by molar-refractivity contribution is 6.08. The maximum absolute atomic E-state index is 12.9. The van der Waals surface area contributed by atoms with Crippen LogP contribution < -0.4 is 5.32 Å². The van der Waals surface area contributed by atoms with Gasteiger partial charge in [-0.3, -0.25) is 14.6 Å². The average molecular weight is 339 g/mol. The monoisotopic (exact) mass is 339 g/mol. The summed E-state index contributed by atoms with van der Waals surface area (Å²) in [5.74, 6) is -0.376. The molecule has 25 heavy (non-hydrogen) atoms. The van der Waals surface area contributed by atoms with Gasteiger partial charge in [-0.05, 0) is 38.1 Å². The summed E-state index contributed by atoms with van der Waals surface area (Å²) in [6.07, 6.45) is 3.10. The van der Waals surface area contributed by atoms with Gasteiger partial charge in [0.05, 0.1) is 23.5 Å². The normalized spacial score (nSPS) is 20.2. The van der Waals surface area contributed by atoms with Crippen LogP contribution in [0.2, 0.25) is 0 Å². The number of morpholine rings is 1. The van der Waals surface area contributed by atoms with Gasteiger partial charge in [-0.1, -0.05) is 12.1 Å². The molecule has 6 nitrogen and oxygen atoms in total. The third-order valence-corrected chi connectivity index (χ3v) is 4.06. The van der Waals surface area contributed by atoms with E-state index in [1.165, 1.54) is 0 Å². The van der Waals surface area contributed by atoms with Crippen LogP contribution in [0.15, 0.2) is 48.8 Å². The molecular formula is C19H21N3O3. The van der Waals surface area contributed by atoms with E-state index in [2.05, 4.69) is 10.3 Å². The molecule has 1 N–H and O–H groups in total. The number of anilines is 1. The molecule has 6 heteroatoms. The summed E-state index contributed by atoms with van der Waals surface area (Å²) in [5, 5.41) is 2.82. The zero-order valence-electron chi connectivity index (χ0n) is 14.3. The first-order chi connectivity index (χ1) is 12.0. The van der Waals surface area contributed by atoms with E-state index in [0.717, 1.165) is 0 Å². The van der Waals surface area contributed by atoms with Gasteiger partial charge in [-0.2, -0.15) is 0 Å². The Hall–Kier alpha value is -2.73. The molecule has 1 aromatic heterocycles. The van der Waals surface area contributed by atoms with Crippen LogP contribution in [0.5, 0.6) is 0 Å². The molecule has 3 rings (SSSR count). The number of rotatable bonds is 3. The molecule has 0 spiro atoms.